The van der Waals surface area contributed by atoms with Crippen molar-refractivity contribution in [2.45, 2.75) is 83.1 Å². The lowest BCUT2D eigenvalue weighted by molar-refractivity contribution is -0.236. The fraction of sp³-hybridized carbons (Fsp3) is 0.704. The standard InChI is InChI=1S/C27H36O11/c1-14-24(31)38-21-11-18(12-33-6)7-8-19(35-15(2)28)25(5)20(36-16(3)29)9-10-26(13-34-26)22(25)23(27(14,21)32)37-17(4)30/h7-8,11,14,19-23,32H,9-10,12-13H2,1-6H3/t14-,19-,20-,21-,22+,23-,25-,26-,27-/m0/s1. The summed E-state index contributed by atoms with van der Waals surface area (Å²) in [5.74, 6) is -4.45. The van der Waals surface area contributed by atoms with E-state index in [0.717, 1.165) is 0 Å². The number of fused-ring (bicyclic) bond motifs is 3. The van der Waals surface area contributed by atoms with Gasteiger partial charge >= 0.3 is 23.9 Å². The predicted molar refractivity (Wildman–Crippen MR) is 129 cm³/mol. The van der Waals surface area contributed by atoms with Crippen molar-refractivity contribution in [3.05, 3.63) is 23.8 Å². The van der Waals surface area contributed by atoms with Crippen molar-refractivity contribution in [2.24, 2.45) is 17.3 Å². The van der Waals surface area contributed by atoms with Gasteiger partial charge < -0.3 is 33.5 Å². The zero-order valence-corrected chi connectivity index (χ0v) is 22.6. The molecule has 0 radical (unpaired) electrons. The number of methoxy groups -OCH3 is 1. The molecule has 9 atom stereocenters. The van der Waals surface area contributed by atoms with E-state index in [1.54, 1.807) is 25.2 Å². The highest BCUT2D eigenvalue weighted by Gasteiger charge is 2.74. The van der Waals surface area contributed by atoms with Crippen molar-refractivity contribution in [3.8, 4) is 0 Å². The third-order valence-corrected chi connectivity index (χ3v) is 8.45. The lowest BCUT2D eigenvalue weighted by Gasteiger charge is -2.56. The van der Waals surface area contributed by atoms with Crippen molar-refractivity contribution in [1.82, 2.24) is 0 Å². The average molecular weight is 537 g/mol. The zero-order chi connectivity index (χ0) is 28.0. The van der Waals surface area contributed by atoms with E-state index in [0.29, 0.717) is 18.4 Å². The fourth-order valence-corrected chi connectivity index (χ4v) is 6.59. The number of epoxide rings is 1. The van der Waals surface area contributed by atoms with Gasteiger partial charge in [0.15, 0.2) is 11.7 Å². The van der Waals surface area contributed by atoms with Crippen LogP contribution in [0.5, 0.6) is 0 Å². The van der Waals surface area contributed by atoms with E-state index in [2.05, 4.69) is 0 Å². The van der Waals surface area contributed by atoms with Crippen LogP contribution in [0.4, 0.5) is 0 Å². The van der Waals surface area contributed by atoms with Gasteiger partial charge in [0.05, 0.1) is 30.1 Å². The maximum absolute atomic E-state index is 12.9. The molecule has 0 aromatic carbocycles. The first-order valence-electron chi connectivity index (χ1n) is 12.8. The summed E-state index contributed by atoms with van der Waals surface area (Å²) in [7, 11) is 1.48. The molecule has 4 aliphatic rings. The van der Waals surface area contributed by atoms with E-state index in [1.165, 1.54) is 34.8 Å². The van der Waals surface area contributed by atoms with Gasteiger partial charge in [-0.15, -0.1) is 0 Å². The smallest absolute Gasteiger partial charge is 0.312 e. The minimum atomic E-state index is -2.03. The predicted octanol–water partition coefficient (Wildman–Crippen LogP) is 1.40. The highest BCUT2D eigenvalue weighted by Crippen LogP contribution is 2.62. The Labute approximate surface area is 221 Å². The molecule has 1 spiro atoms. The topological polar surface area (TPSA) is 147 Å². The van der Waals surface area contributed by atoms with Gasteiger partial charge in [-0.3, -0.25) is 19.2 Å². The van der Waals surface area contributed by atoms with Crippen LogP contribution >= 0.6 is 0 Å². The minimum absolute atomic E-state index is 0.0839. The second-order valence-electron chi connectivity index (χ2n) is 10.9. The molecule has 0 aromatic heterocycles. The first kappa shape index (κ1) is 28.3. The molecule has 1 N–H and O–H groups in total. The first-order chi connectivity index (χ1) is 17.8. The van der Waals surface area contributed by atoms with Gasteiger partial charge in [0.25, 0.3) is 0 Å². The van der Waals surface area contributed by atoms with Crippen LogP contribution in [0.25, 0.3) is 0 Å². The molecular weight excluding hydrogens is 500 g/mol. The molecule has 2 aliphatic carbocycles. The summed E-state index contributed by atoms with van der Waals surface area (Å²) in [6.45, 7) is 7.40. The van der Waals surface area contributed by atoms with Gasteiger partial charge in [-0.05, 0) is 37.5 Å². The number of carbonyl (C=O) groups is 4. The highest BCUT2D eigenvalue weighted by molar-refractivity contribution is 5.78. The molecule has 11 nitrogen and oxygen atoms in total. The van der Waals surface area contributed by atoms with Gasteiger partial charge in [-0.25, -0.2) is 0 Å². The second-order valence-corrected chi connectivity index (χ2v) is 10.9. The number of hydrogen-bond acceptors (Lipinski definition) is 11. The van der Waals surface area contributed by atoms with Crippen LogP contribution < -0.4 is 0 Å². The molecule has 4 rings (SSSR count). The maximum atomic E-state index is 12.9. The van der Waals surface area contributed by atoms with E-state index in [-0.39, 0.29) is 13.2 Å². The normalized spacial score (nSPS) is 41.8. The van der Waals surface area contributed by atoms with Crippen molar-refractivity contribution in [1.29, 1.82) is 0 Å². The van der Waals surface area contributed by atoms with E-state index < -0.39 is 76.7 Å². The molecule has 0 unspecified atom stereocenters. The first-order valence-corrected chi connectivity index (χ1v) is 12.8. The lowest BCUT2D eigenvalue weighted by atomic mass is 9.53. The monoisotopic (exact) mass is 536 g/mol. The number of carbonyl (C=O) groups excluding carboxylic acids is 4. The van der Waals surface area contributed by atoms with E-state index in [9.17, 15) is 24.3 Å². The highest BCUT2D eigenvalue weighted by atomic mass is 16.6. The number of esters is 4. The van der Waals surface area contributed by atoms with Crippen LogP contribution in [-0.2, 0) is 47.6 Å². The maximum Gasteiger partial charge on any atom is 0.312 e. The summed E-state index contributed by atoms with van der Waals surface area (Å²) in [5.41, 5.74) is -3.65. The molecule has 2 saturated heterocycles. The third kappa shape index (κ3) is 4.65. The molecule has 0 bridgehead atoms. The summed E-state index contributed by atoms with van der Waals surface area (Å²) in [5, 5.41) is 12.4. The van der Waals surface area contributed by atoms with Crippen molar-refractivity contribution in [2.75, 3.05) is 20.3 Å². The van der Waals surface area contributed by atoms with E-state index >= 15 is 0 Å². The Kier molecular flexibility index (Phi) is 7.50. The SMILES string of the molecule is COCC1=C[C@@H]2OC(=O)[C@H](C)[C@@]2(O)[C@@H](OC(C)=O)[C@H]2[C@]3(CC[C@H](OC(C)=O)[C@]2(C)[C@@H](OC(C)=O)C=C1)CO3. The third-order valence-electron chi connectivity index (χ3n) is 8.45. The van der Waals surface area contributed by atoms with Crippen molar-refractivity contribution in [3.63, 3.8) is 0 Å². The Bertz CT molecular complexity index is 1060. The van der Waals surface area contributed by atoms with Gasteiger partial charge in [-0.2, -0.15) is 0 Å². The number of aliphatic hydroxyl groups is 1. The summed E-state index contributed by atoms with van der Waals surface area (Å²) in [4.78, 5) is 50.1. The van der Waals surface area contributed by atoms with Gasteiger partial charge in [0.2, 0.25) is 0 Å². The molecule has 0 aromatic rings. The van der Waals surface area contributed by atoms with Crippen molar-refractivity contribution >= 4 is 23.9 Å². The molecule has 1 saturated carbocycles. The van der Waals surface area contributed by atoms with Crippen LogP contribution in [0.1, 0.15) is 47.5 Å². The zero-order valence-electron chi connectivity index (χ0n) is 22.6. The van der Waals surface area contributed by atoms with Crippen LogP contribution in [0.3, 0.4) is 0 Å². The van der Waals surface area contributed by atoms with Crippen molar-refractivity contribution < 1.29 is 52.7 Å². The van der Waals surface area contributed by atoms with Gasteiger partial charge in [0, 0.05) is 33.8 Å². The van der Waals surface area contributed by atoms with E-state index in [1.807, 2.05) is 0 Å². The largest absolute Gasteiger partial charge is 0.462 e. The summed E-state index contributed by atoms with van der Waals surface area (Å²) >= 11 is 0. The molecule has 38 heavy (non-hydrogen) atoms. The van der Waals surface area contributed by atoms with Gasteiger partial charge in [-0.1, -0.05) is 13.0 Å². The van der Waals surface area contributed by atoms with Gasteiger partial charge in [0.1, 0.15) is 18.3 Å². The van der Waals surface area contributed by atoms with Crippen LogP contribution in [0.15, 0.2) is 23.8 Å². The molecule has 210 valence electrons. The summed E-state index contributed by atoms with van der Waals surface area (Å²) < 4.78 is 34.5. The molecule has 2 aliphatic heterocycles. The molecular formula is C27H36O11. The Hall–Kier alpha value is -2.76. The molecule has 11 heteroatoms. The quantitative estimate of drug-likeness (QED) is 0.309. The lowest BCUT2D eigenvalue weighted by Crippen LogP contribution is -2.69. The number of ether oxygens (including phenoxy) is 6. The van der Waals surface area contributed by atoms with Crippen LogP contribution in [0, 0.1) is 17.3 Å². The molecule has 0 amide bonds. The Morgan fingerprint density at radius 1 is 1.11 bits per heavy atom. The molecule has 3 fully saturated rings. The summed E-state index contributed by atoms with van der Waals surface area (Å²) in [6.07, 6.45) is 1.32. The average Bonchev–Trinajstić information content (AvgIpc) is 3.55. The summed E-state index contributed by atoms with van der Waals surface area (Å²) in [6, 6.07) is 0. The Morgan fingerprint density at radius 3 is 2.29 bits per heavy atom. The second kappa shape index (κ2) is 10.1. The van der Waals surface area contributed by atoms with Crippen LogP contribution in [-0.4, -0.2) is 84.9 Å². The van der Waals surface area contributed by atoms with E-state index in [4.69, 9.17) is 28.4 Å². The Balaban J connectivity index is 2.04. The Morgan fingerprint density at radius 2 is 1.74 bits per heavy atom. The fourth-order valence-electron chi connectivity index (χ4n) is 6.59. The number of hydrogen-bond donors (Lipinski definition) is 1. The molecule has 2 heterocycles. The minimum Gasteiger partial charge on any atom is -0.462 e. The number of rotatable bonds is 5. The van der Waals surface area contributed by atoms with Crippen LogP contribution in [0.2, 0.25) is 0 Å².